The molecule has 76 valence electrons. The summed E-state index contributed by atoms with van der Waals surface area (Å²) < 4.78 is 28.0. The largest absolute Gasteiger partial charge is 0.468 e. The van der Waals surface area contributed by atoms with Crippen LogP contribution in [0.1, 0.15) is 0 Å². The number of hydrogen-bond acceptors (Lipinski definition) is 5. The highest BCUT2D eigenvalue weighted by Gasteiger charge is 2.37. The van der Waals surface area contributed by atoms with Gasteiger partial charge in [0, 0.05) is 5.75 Å². The molecule has 7 heteroatoms. The highest BCUT2D eigenvalue weighted by Crippen LogP contribution is 2.23. The molecule has 13 heavy (non-hydrogen) atoms. The number of nitrogens with zero attached hydrogens (tertiary/aromatic N) is 1. The van der Waals surface area contributed by atoms with E-state index in [-0.39, 0.29) is 0 Å². The van der Waals surface area contributed by atoms with Gasteiger partial charge in [0.15, 0.2) is 0 Å². The first-order valence-corrected chi connectivity index (χ1v) is 6.59. The van der Waals surface area contributed by atoms with E-state index in [1.807, 2.05) is 0 Å². The Balaban J connectivity index is 2.82. The van der Waals surface area contributed by atoms with Crippen LogP contribution in [-0.4, -0.2) is 49.7 Å². The van der Waals surface area contributed by atoms with Gasteiger partial charge in [0.1, 0.15) is 6.04 Å². The van der Waals surface area contributed by atoms with E-state index in [0.29, 0.717) is 11.6 Å². The van der Waals surface area contributed by atoms with Gasteiger partial charge >= 0.3 is 5.97 Å². The van der Waals surface area contributed by atoms with Crippen molar-refractivity contribution in [3.8, 4) is 0 Å². The van der Waals surface area contributed by atoms with E-state index in [9.17, 15) is 13.2 Å². The summed E-state index contributed by atoms with van der Waals surface area (Å²) in [5, 5.41) is 0. The summed E-state index contributed by atoms with van der Waals surface area (Å²) >= 11 is 1.41. The molecule has 1 heterocycles. The van der Waals surface area contributed by atoms with Crippen molar-refractivity contribution in [2.24, 2.45) is 0 Å². The number of thioether (sulfide) groups is 1. The maximum absolute atomic E-state index is 11.2. The van der Waals surface area contributed by atoms with Gasteiger partial charge in [0.05, 0.1) is 19.2 Å². The third kappa shape index (κ3) is 2.35. The van der Waals surface area contributed by atoms with Crippen LogP contribution in [0.15, 0.2) is 0 Å². The third-order valence-corrected chi connectivity index (χ3v) is 4.15. The molecule has 1 fully saturated rings. The van der Waals surface area contributed by atoms with Crippen molar-refractivity contribution in [2.45, 2.75) is 6.04 Å². The van der Waals surface area contributed by atoms with E-state index in [2.05, 4.69) is 4.74 Å². The Morgan fingerprint density at radius 1 is 1.62 bits per heavy atom. The SMILES string of the molecule is COC(=O)C1CSCN1S(C)(=O)=O. The lowest BCUT2D eigenvalue weighted by Gasteiger charge is -2.18. The van der Waals surface area contributed by atoms with Gasteiger partial charge in [-0.05, 0) is 0 Å². The molecular weight excluding hydrogens is 214 g/mol. The molecule has 0 spiro atoms. The zero-order valence-electron chi connectivity index (χ0n) is 7.39. The number of esters is 1. The smallest absolute Gasteiger partial charge is 0.325 e. The monoisotopic (exact) mass is 225 g/mol. The first-order valence-electron chi connectivity index (χ1n) is 3.59. The fourth-order valence-corrected chi connectivity index (χ4v) is 3.79. The molecule has 0 bridgehead atoms. The average molecular weight is 225 g/mol. The number of carbonyl (C=O) groups excluding carboxylic acids is 1. The van der Waals surface area contributed by atoms with Crippen LogP contribution in [0.25, 0.3) is 0 Å². The van der Waals surface area contributed by atoms with Crippen molar-refractivity contribution in [2.75, 3.05) is 25.0 Å². The van der Waals surface area contributed by atoms with Gasteiger partial charge in [0.2, 0.25) is 10.0 Å². The molecule has 0 aromatic carbocycles. The predicted molar refractivity (Wildman–Crippen MR) is 49.8 cm³/mol. The Morgan fingerprint density at radius 2 is 2.23 bits per heavy atom. The lowest BCUT2D eigenvalue weighted by molar-refractivity contribution is -0.143. The highest BCUT2D eigenvalue weighted by atomic mass is 32.2. The van der Waals surface area contributed by atoms with Crippen LogP contribution in [0.5, 0.6) is 0 Å². The minimum Gasteiger partial charge on any atom is -0.468 e. The molecule has 1 atom stereocenters. The Hall–Kier alpha value is -0.270. The van der Waals surface area contributed by atoms with Gasteiger partial charge in [-0.1, -0.05) is 0 Å². The van der Waals surface area contributed by atoms with Crippen molar-refractivity contribution in [1.29, 1.82) is 0 Å². The van der Waals surface area contributed by atoms with Crippen LogP contribution >= 0.6 is 11.8 Å². The summed E-state index contributed by atoms with van der Waals surface area (Å²) in [5.41, 5.74) is 0. The van der Waals surface area contributed by atoms with E-state index in [4.69, 9.17) is 0 Å². The van der Waals surface area contributed by atoms with Crippen LogP contribution in [0.2, 0.25) is 0 Å². The van der Waals surface area contributed by atoms with Gasteiger partial charge in [-0.3, -0.25) is 4.79 Å². The molecular formula is C6H11NO4S2. The number of ether oxygens (including phenoxy) is 1. The molecule has 0 N–H and O–H groups in total. The van der Waals surface area contributed by atoms with E-state index in [0.717, 1.165) is 10.6 Å². The normalized spacial score (nSPS) is 24.6. The van der Waals surface area contributed by atoms with Crippen LogP contribution in [0, 0.1) is 0 Å². The number of rotatable bonds is 2. The summed E-state index contributed by atoms with van der Waals surface area (Å²) in [6, 6.07) is -0.648. The summed E-state index contributed by atoms with van der Waals surface area (Å²) in [4.78, 5) is 11.1. The lowest BCUT2D eigenvalue weighted by atomic mass is 10.3. The van der Waals surface area contributed by atoms with Crippen LogP contribution in [0.3, 0.4) is 0 Å². The molecule has 0 aromatic rings. The molecule has 1 unspecified atom stereocenters. The molecule has 0 aliphatic carbocycles. The highest BCUT2D eigenvalue weighted by molar-refractivity contribution is 8.00. The third-order valence-electron chi connectivity index (χ3n) is 1.74. The first kappa shape index (κ1) is 10.8. The molecule has 0 saturated carbocycles. The van der Waals surface area contributed by atoms with Crippen molar-refractivity contribution in [3.63, 3.8) is 0 Å². The van der Waals surface area contributed by atoms with Gasteiger partial charge in [-0.15, -0.1) is 11.8 Å². The number of methoxy groups -OCH3 is 1. The number of sulfonamides is 1. The second kappa shape index (κ2) is 3.85. The Labute approximate surface area is 81.5 Å². The molecule has 5 nitrogen and oxygen atoms in total. The Bertz CT molecular complexity index is 300. The van der Waals surface area contributed by atoms with Gasteiger partial charge in [0.25, 0.3) is 0 Å². The Kier molecular flexibility index (Phi) is 3.20. The second-order valence-electron chi connectivity index (χ2n) is 2.69. The minimum absolute atomic E-state index is 0.332. The van der Waals surface area contributed by atoms with E-state index in [1.165, 1.54) is 18.9 Å². The summed E-state index contributed by atoms with van der Waals surface area (Å²) in [5.74, 6) is 0.314. The zero-order valence-corrected chi connectivity index (χ0v) is 9.02. The fourth-order valence-electron chi connectivity index (χ4n) is 1.08. The fraction of sp³-hybridized carbons (Fsp3) is 0.833. The first-order chi connectivity index (χ1) is 5.96. The maximum Gasteiger partial charge on any atom is 0.325 e. The molecule has 0 aromatic heterocycles. The molecule has 1 aliphatic rings. The van der Waals surface area contributed by atoms with Crippen LogP contribution < -0.4 is 0 Å². The topological polar surface area (TPSA) is 63.7 Å². The van der Waals surface area contributed by atoms with Crippen molar-refractivity contribution >= 4 is 27.8 Å². The molecule has 1 rings (SSSR count). The van der Waals surface area contributed by atoms with Crippen LogP contribution in [-0.2, 0) is 19.6 Å². The molecule has 1 aliphatic heterocycles. The summed E-state index contributed by atoms with van der Waals surface area (Å²) in [6.45, 7) is 0. The lowest BCUT2D eigenvalue weighted by Crippen LogP contribution is -2.41. The van der Waals surface area contributed by atoms with E-state index in [1.54, 1.807) is 0 Å². The van der Waals surface area contributed by atoms with Gasteiger partial charge in [-0.25, -0.2) is 8.42 Å². The van der Waals surface area contributed by atoms with Gasteiger partial charge in [-0.2, -0.15) is 4.31 Å². The number of carbonyl (C=O) groups is 1. The molecule has 1 saturated heterocycles. The zero-order chi connectivity index (χ0) is 10.1. The number of hydrogen-bond donors (Lipinski definition) is 0. The van der Waals surface area contributed by atoms with Crippen molar-refractivity contribution in [3.05, 3.63) is 0 Å². The Morgan fingerprint density at radius 3 is 2.69 bits per heavy atom. The second-order valence-corrected chi connectivity index (χ2v) is 5.62. The predicted octanol–water partition coefficient (Wildman–Crippen LogP) is -0.506. The van der Waals surface area contributed by atoms with E-state index < -0.39 is 22.0 Å². The maximum atomic E-state index is 11.2. The van der Waals surface area contributed by atoms with Gasteiger partial charge < -0.3 is 4.74 Å². The quantitative estimate of drug-likeness (QED) is 0.592. The average Bonchev–Trinajstić information content (AvgIpc) is 2.49. The molecule has 0 amide bonds. The van der Waals surface area contributed by atoms with Crippen LogP contribution in [0.4, 0.5) is 0 Å². The van der Waals surface area contributed by atoms with E-state index >= 15 is 0 Å². The minimum atomic E-state index is -3.30. The standard InChI is InChI=1S/C6H11NO4S2/c1-11-6(8)5-3-12-4-7(5)13(2,9)10/h5H,3-4H2,1-2H3. The summed E-state index contributed by atoms with van der Waals surface area (Å²) in [6.07, 6.45) is 1.09. The summed E-state index contributed by atoms with van der Waals surface area (Å²) in [7, 11) is -2.04. The van der Waals surface area contributed by atoms with Crippen molar-refractivity contribution < 1.29 is 17.9 Å². The molecule has 0 radical (unpaired) electrons. The van der Waals surface area contributed by atoms with Crippen molar-refractivity contribution in [1.82, 2.24) is 4.31 Å².